The van der Waals surface area contributed by atoms with Gasteiger partial charge in [0.15, 0.2) is 0 Å². The quantitative estimate of drug-likeness (QED) is 0.552. The van der Waals surface area contributed by atoms with Gasteiger partial charge in [-0.3, -0.25) is 10.1 Å². The molecule has 0 spiro atoms. The van der Waals surface area contributed by atoms with Crippen molar-refractivity contribution >= 4 is 29.1 Å². The minimum atomic E-state index is -0.432. The average Bonchev–Trinajstić information content (AvgIpc) is 2.55. The predicted molar refractivity (Wildman–Crippen MR) is 98.6 cm³/mol. The lowest BCUT2D eigenvalue weighted by Crippen LogP contribution is -2.12. The van der Waals surface area contributed by atoms with Crippen molar-refractivity contribution in [2.45, 2.75) is 16.3 Å². The van der Waals surface area contributed by atoms with Crippen molar-refractivity contribution in [2.24, 2.45) is 0 Å². The Morgan fingerprint density at radius 1 is 1.24 bits per heavy atom. The van der Waals surface area contributed by atoms with Crippen LogP contribution in [0.25, 0.3) is 0 Å². The molecule has 6 nitrogen and oxygen atoms in total. The van der Waals surface area contributed by atoms with Crippen LogP contribution >= 0.6 is 23.4 Å². The van der Waals surface area contributed by atoms with E-state index in [1.165, 1.54) is 17.8 Å². The molecular weight excluding hydrogens is 364 g/mol. The van der Waals surface area contributed by atoms with Gasteiger partial charge in [-0.15, -0.1) is 0 Å². The van der Waals surface area contributed by atoms with Crippen LogP contribution in [0.3, 0.4) is 0 Å². The number of nitro groups is 1. The zero-order valence-electron chi connectivity index (χ0n) is 13.9. The molecule has 0 aliphatic rings. The van der Waals surface area contributed by atoms with Gasteiger partial charge in [0, 0.05) is 22.5 Å². The Hall–Kier alpha value is -1.80. The van der Waals surface area contributed by atoms with E-state index < -0.39 is 4.92 Å². The van der Waals surface area contributed by atoms with Crippen molar-refractivity contribution < 1.29 is 14.8 Å². The van der Waals surface area contributed by atoms with Gasteiger partial charge in [-0.05, 0) is 50.0 Å². The Morgan fingerprint density at radius 2 is 1.96 bits per heavy atom. The first-order valence-corrected chi connectivity index (χ1v) is 8.73. The zero-order chi connectivity index (χ0) is 18.4. The summed E-state index contributed by atoms with van der Waals surface area (Å²) in [5, 5.41) is 20.5. The van der Waals surface area contributed by atoms with Gasteiger partial charge >= 0.3 is 0 Å². The Labute approximate surface area is 155 Å². The third-order valence-electron chi connectivity index (χ3n) is 3.22. The number of rotatable bonds is 8. The van der Waals surface area contributed by atoms with Crippen molar-refractivity contribution in [2.75, 3.05) is 27.3 Å². The molecule has 2 aromatic carbocycles. The molecule has 0 bridgehead atoms. The SMILES string of the molecule is CN(C)Cc1cc(OCCO)ccc1Sc1ccc(Cl)cc1[N+](=O)[O-]. The van der Waals surface area contributed by atoms with Gasteiger partial charge < -0.3 is 14.7 Å². The number of halogens is 1. The van der Waals surface area contributed by atoms with Crippen molar-refractivity contribution in [3.8, 4) is 5.75 Å². The molecule has 134 valence electrons. The van der Waals surface area contributed by atoms with E-state index in [1.54, 1.807) is 18.2 Å². The molecule has 0 aliphatic carbocycles. The second-order valence-electron chi connectivity index (χ2n) is 5.55. The van der Waals surface area contributed by atoms with E-state index in [1.807, 2.05) is 31.1 Å². The standard InChI is InChI=1S/C17H19ClN2O4S/c1-19(2)11-12-9-14(24-8-7-21)4-6-16(12)25-17-5-3-13(18)10-15(17)20(22)23/h3-6,9-10,21H,7-8,11H2,1-2H3. The van der Waals surface area contributed by atoms with Gasteiger partial charge in [-0.25, -0.2) is 0 Å². The highest BCUT2D eigenvalue weighted by atomic mass is 35.5. The molecule has 0 fully saturated rings. The summed E-state index contributed by atoms with van der Waals surface area (Å²) in [6.07, 6.45) is 0. The number of benzene rings is 2. The van der Waals surface area contributed by atoms with Crippen LogP contribution in [-0.2, 0) is 6.54 Å². The molecule has 25 heavy (non-hydrogen) atoms. The highest BCUT2D eigenvalue weighted by molar-refractivity contribution is 7.99. The van der Waals surface area contributed by atoms with E-state index in [2.05, 4.69) is 0 Å². The van der Waals surface area contributed by atoms with E-state index in [-0.39, 0.29) is 18.9 Å². The lowest BCUT2D eigenvalue weighted by Gasteiger charge is -2.16. The van der Waals surface area contributed by atoms with Crippen LogP contribution < -0.4 is 4.74 Å². The van der Waals surface area contributed by atoms with Gasteiger partial charge in [0.1, 0.15) is 12.4 Å². The summed E-state index contributed by atoms with van der Waals surface area (Å²) in [6.45, 7) is 0.813. The summed E-state index contributed by atoms with van der Waals surface area (Å²) < 4.78 is 5.46. The van der Waals surface area contributed by atoms with Crippen molar-refractivity contribution in [1.29, 1.82) is 0 Å². The Bertz CT molecular complexity index is 755. The molecule has 0 saturated carbocycles. The van der Waals surface area contributed by atoms with Crippen LogP contribution in [0, 0.1) is 10.1 Å². The maximum atomic E-state index is 11.3. The highest BCUT2D eigenvalue weighted by Crippen LogP contribution is 2.39. The zero-order valence-corrected chi connectivity index (χ0v) is 15.5. The number of aliphatic hydroxyl groups excluding tert-OH is 1. The van der Waals surface area contributed by atoms with Crippen molar-refractivity contribution in [3.63, 3.8) is 0 Å². The number of ether oxygens (including phenoxy) is 1. The molecule has 2 rings (SSSR count). The van der Waals surface area contributed by atoms with E-state index >= 15 is 0 Å². The summed E-state index contributed by atoms with van der Waals surface area (Å²) in [5.41, 5.74) is 0.962. The molecule has 1 N–H and O–H groups in total. The fourth-order valence-corrected chi connectivity index (χ4v) is 3.38. The van der Waals surface area contributed by atoms with Gasteiger partial charge in [0.25, 0.3) is 5.69 Å². The maximum Gasteiger partial charge on any atom is 0.284 e. The monoisotopic (exact) mass is 382 g/mol. The molecule has 2 aromatic rings. The summed E-state index contributed by atoms with van der Waals surface area (Å²) in [4.78, 5) is 14.3. The third-order valence-corrected chi connectivity index (χ3v) is 4.63. The summed E-state index contributed by atoms with van der Waals surface area (Å²) in [6, 6.07) is 10.2. The smallest absolute Gasteiger partial charge is 0.284 e. The summed E-state index contributed by atoms with van der Waals surface area (Å²) in [7, 11) is 3.89. The summed E-state index contributed by atoms with van der Waals surface area (Å²) >= 11 is 7.20. The van der Waals surface area contributed by atoms with Crippen LogP contribution in [0.15, 0.2) is 46.2 Å². The van der Waals surface area contributed by atoms with E-state index in [0.29, 0.717) is 22.2 Å². The fraction of sp³-hybridized carbons (Fsp3) is 0.294. The molecule has 0 saturated heterocycles. The molecule has 0 radical (unpaired) electrons. The van der Waals surface area contributed by atoms with Gasteiger partial charge in [-0.1, -0.05) is 23.4 Å². The second kappa shape index (κ2) is 9.05. The third kappa shape index (κ3) is 5.61. The highest BCUT2D eigenvalue weighted by Gasteiger charge is 2.17. The summed E-state index contributed by atoms with van der Waals surface area (Å²) in [5.74, 6) is 0.654. The van der Waals surface area contributed by atoms with Crippen LogP contribution in [0.4, 0.5) is 5.69 Å². The van der Waals surface area contributed by atoms with Crippen molar-refractivity contribution in [3.05, 3.63) is 57.1 Å². The molecule has 8 heteroatoms. The van der Waals surface area contributed by atoms with Crippen molar-refractivity contribution in [1.82, 2.24) is 4.90 Å². The molecule has 0 aromatic heterocycles. The number of nitro benzene ring substituents is 1. The molecule has 0 atom stereocenters. The van der Waals surface area contributed by atoms with Gasteiger partial charge in [0.2, 0.25) is 0 Å². The number of aliphatic hydroxyl groups is 1. The van der Waals surface area contributed by atoms with Crippen LogP contribution in [-0.4, -0.2) is 42.2 Å². The topological polar surface area (TPSA) is 75.8 Å². The maximum absolute atomic E-state index is 11.3. The fourth-order valence-electron chi connectivity index (χ4n) is 2.21. The van der Waals surface area contributed by atoms with E-state index in [9.17, 15) is 10.1 Å². The largest absolute Gasteiger partial charge is 0.491 e. The normalized spacial score (nSPS) is 10.9. The molecular formula is C17H19ClN2O4S. The lowest BCUT2D eigenvalue weighted by molar-refractivity contribution is -0.387. The molecule has 0 amide bonds. The molecule has 0 heterocycles. The van der Waals surface area contributed by atoms with Gasteiger partial charge in [-0.2, -0.15) is 0 Å². The number of hydrogen-bond donors (Lipinski definition) is 1. The lowest BCUT2D eigenvalue weighted by atomic mass is 10.2. The minimum absolute atomic E-state index is 0.0195. The first kappa shape index (κ1) is 19.5. The first-order valence-electron chi connectivity index (χ1n) is 7.54. The number of hydrogen-bond acceptors (Lipinski definition) is 6. The Kier molecular flexibility index (Phi) is 7.07. The van der Waals surface area contributed by atoms with E-state index in [4.69, 9.17) is 21.4 Å². The van der Waals surface area contributed by atoms with Crippen LogP contribution in [0.5, 0.6) is 5.75 Å². The average molecular weight is 383 g/mol. The van der Waals surface area contributed by atoms with Gasteiger partial charge in [0.05, 0.1) is 16.4 Å². The number of nitrogens with zero attached hydrogens (tertiary/aromatic N) is 2. The molecule has 0 aliphatic heterocycles. The van der Waals surface area contributed by atoms with E-state index in [0.717, 1.165) is 10.5 Å². The molecule has 0 unspecified atom stereocenters. The Balaban J connectivity index is 2.36. The predicted octanol–water partition coefficient (Wildman–Crippen LogP) is 3.83. The van der Waals surface area contributed by atoms with Crippen LogP contribution in [0.2, 0.25) is 5.02 Å². The van der Waals surface area contributed by atoms with Crippen LogP contribution in [0.1, 0.15) is 5.56 Å². The minimum Gasteiger partial charge on any atom is -0.491 e. The second-order valence-corrected chi connectivity index (χ2v) is 7.07. The Morgan fingerprint density at radius 3 is 2.60 bits per heavy atom. The first-order chi connectivity index (χ1) is 11.9.